The fourth-order valence-electron chi connectivity index (χ4n) is 2.39. The fraction of sp³-hybridized carbons (Fsp3) is 0.692. The van der Waals surface area contributed by atoms with Gasteiger partial charge in [0.2, 0.25) is 5.88 Å². The zero-order chi connectivity index (χ0) is 12.3. The van der Waals surface area contributed by atoms with E-state index < -0.39 is 0 Å². The molecule has 1 fully saturated rings. The van der Waals surface area contributed by atoms with Crippen molar-refractivity contribution in [3.05, 3.63) is 11.9 Å². The van der Waals surface area contributed by atoms with Crippen molar-refractivity contribution >= 4 is 5.82 Å². The number of hydrogen-bond acceptors (Lipinski definition) is 4. The molecule has 94 valence electrons. The average molecular weight is 235 g/mol. The van der Waals surface area contributed by atoms with Gasteiger partial charge in [-0.15, -0.1) is 0 Å². The molecule has 2 unspecified atom stereocenters. The standard InChI is InChI=1S/C13H21N3O/c1-9-5-4-6-11(7-9)17-13-8-12(14-3)15-10(2)16-13/h8-9,11H,4-7H2,1-3H3,(H,14,15,16). The average Bonchev–Trinajstić information content (AvgIpc) is 2.28. The lowest BCUT2D eigenvalue weighted by Crippen LogP contribution is -2.24. The quantitative estimate of drug-likeness (QED) is 0.875. The van der Waals surface area contributed by atoms with Gasteiger partial charge in [0.15, 0.2) is 0 Å². The molecule has 0 spiro atoms. The van der Waals surface area contributed by atoms with Crippen LogP contribution in [0.3, 0.4) is 0 Å². The normalized spacial score (nSPS) is 24.4. The summed E-state index contributed by atoms with van der Waals surface area (Å²) in [4.78, 5) is 8.59. The van der Waals surface area contributed by atoms with Crippen LogP contribution >= 0.6 is 0 Å². The van der Waals surface area contributed by atoms with Crippen molar-refractivity contribution in [1.29, 1.82) is 0 Å². The second-order valence-electron chi connectivity index (χ2n) is 4.90. The van der Waals surface area contributed by atoms with E-state index in [9.17, 15) is 0 Å². The molecule has 17 heavy (non-hydrogen) atoms. The Morgan fingerprint density at radius 1 is 1.35 bits per heavy atom. The molecule has 0 amide bonds. The molecule has 1 saturated carbocycles. The lowest BCUT2D eigenvalue weighted by atomic mass is 9.89. The first-order valence-electron chi connectivity index (χ1n) is 6.37. The highest BCUT2D eigenvalue weighted by Crippen LogP contribution is 2.27. The third-order valence-corrected chi connectivity index (χ3v) is 3.25. The van der Waals surface area contributed by atoms with Crippen LogP contribution in [0, 0.1) is 12.8 Å². The Kier molecular flexibility index (Phi) is 3.82. The predicted molar refractivity (Wildman–Crippen MR) is 68.4 cm³/mol. The van der Waals surface area contributed by atoms with Gasteiger partial charge in [0, 0.05) is 13.1 Å². The van der Waals surface area contributed by atoms with Crippen molar-refractivity contribution in [2.24, 2.45) is 5.92 Å². The van der Waals surface area contributed by atoms with E-state index in [1.807, 2.05) is 20.0 Å². The van der Waals surface area contributed by atoms with Crippen LogP contribution in [-0.2, 0) is 0 Å². The van der Waals surface area contributed by atoms with Crippen LogP contribution in [0.1, 0.15) is 38.4 Å². The van der Waals surface area contributed by atoms with Gasteiger partial charge in [0.1, 0.15) is 17.7 Å². The molecule has 0 aromatic carbocycles. The summed E-state index contributed by atoms with van der Waals surface area (Å²) in [6.45, 7) is 4.18. The van der Waals surface area contributed by atoms with Crippen LogP contribution in [0.25, 0.3) is 0 Å². The Hall–Kier alpha value is -1.32. The van der Waals surface area contributed by atoms with Gasteiger partial charge >= 0.3 is 0 Å². The molecule has 0 aliphatic heterocycles. The van der Waals surface area contributed by atoms with Crippen molar-refractivity contribution in [2.75, 3.05) is 12.4 Å². The van der Waals surface area contributed by atoms with Crippen molar-refractivity contribution < 1.29 is 4.74 Å². The number of ether oxygens (including phenoxy) is 1. The minimum Gasteiger partial charge on any atom is -0.474 e. The molecule has 4 heteroatoms. The summed E-state index contributed by atoms with van der Waals surface area (Å²) in [6, 6.07) is 1.87. The van der Waals surface area contributed by atoms with Gasteiger partial charge in [0.05, 0.1) is 0 Å². The smallest absolute Gasteiger partial charge is 0.218 e. The Morgan fingerprint density at radius 2 is 2.18 bits per heavy atom. The van der Waals surface area contributed by atoms with Gasteiger partial charge in [0.25, 0.3) is 0 Å². The number of hydrogen-bond donors (Lipinski definition) is 1. The van der Waals surface area contributed by atoms with E-state index in [0.717, 1.165) is 30.4 Å². The Bertz CT molecular complexity index is 381. The van der Waals surface area contributed by atoms with Crippen LogP contribution in [0.5, 0.6) is 5.88 Å². The molecule has 1 N–H and O–H groups in total. The zero-order valence-electron chi connectivity index (χ0n) is 10.9. The Morgan fingerprint density at radius 3 is 2.88 bits per heavy atom. The molecule has 1 aromatic heterocycles. The molecule has 1 aromatic rings. The van der Waals surface area contributed by atoms with E-state index >= 15 is 0 Å². The van der Waals surface area contributed by atoms with Crippen molar-refractivity contribution in [1.82, 2.24) is 9.97 Å². The first kappa shape index (κ1) is 12.1. The lowest BCUT2D eigenvalue weighted by molar-refractivity contribution is 0.123. The maximum Gasteiger partial charge on any atom is 0.218 e. The minimum atomic E-state index is 0.317. The monoisotopic (exact) mass is 235 g/mol. The van der Waals surface area contributed by atoms with Crippen LogP contribution in [0.15, 0.2) is 6.07 Å². The summed E-state index contributed by atoms with van der Waals surface area (Å²) in [5, 5.41) is 3.02. The van der Waals surface area contributed by atoms with Gasteiger partial charge in [-0.1, -0.05) is 13.3 Å². The van der Waals surface area contributed by atoms with E-state index in [0.29, 0.717) is 12.0 Å². The molecule has 0 saturated heterocycles. The highest BCUT2D eigenvalue weighted by atomic mass is 16.5. The van der Waals surface area contributed by atoms with Gasteiger partial charge in [-0.05, 0) is 32.1 Å². The Balaban J connectivity index is 2.04. The van der Waals surface area contributed by atoms with E-state index in [-0.39, 0.29) is 0 Å². The van der Waals surface area contributed by atoms with Crippen LogP contribution in [0.4, 0.5) is 5.82 Å². The molecular formula is C13H21N3O. The van der Waals surface area contributed by atoms with Crippen molar-refractivity contribution in [3.63, 3.8) is 0 Å². The SMILES string of the molecule is CNc1cc(OC2CCCC(C)C2)nc(C)n1. The number of aryl methyl sites for hydroxylation is 1. The second kappa shape index (κ2) is 5.34. The number of aromatic nitrogens is 2. The number of nitrogens with zero attached hydrogens (tertiary/aromatic N) is 2. The largest absolute Gasteiger partial charge is 0.474 e. The summed E-state index contributed by atoms with van der Waals surface area (Å²) in [5.41, 5.74) is 0. The lowest BCUT2D eigenvalue weighted by Gasteiger charge is -2.27. The highest BCUT2D eigenvalue weighted by Gasteiger charge is 2.20. The topological polar surface area (TPSA) is 47.0 Å². The van der Waals surface area contributed by atoms with E-state index in [1.54, 1.807) is 0 Å². The highest BCUT2D eigenvalue weighted by molar-refractivity contribution is 5.37. The van der Waals surface area contributed by atoms with Gasteiger partial charge < -0.3 is 10.1 Å². The van der Waals surface area contributed by atoms with Gasteiger partial charge in [-0.3, -0.25) is 0 Å². The van der Waals surface area contributed by atoms with E-state index in [4.69, 9.17) is 4.74 Å². The third kappa shape index (κ3) is 3.32. The predicted octanol–water partition coefficient (Wildman–Crippen LogP) is 2.78. The Labute approximate surface area is 103 Å². The fourth-order valence-corrected chi connectivity index (χ4v) is 2.39. The van der Waals surface area contributed by atoms with Crippen LogP contribution < -0.4 is 10.1 Å². The maximum absolute atomic E-state index is 5.96. The number of rotatable bonds is 3. The zero-order valence-corrected chi connectivity index (χ0v) is 10.9. The third-order valence-electron chi connectivity index (χ3n) is 3.25. The van der Waals surface area contributed by atoms with Crippen LogP contribution in [-0.4, -0.2) is 23.1 Å². The number of anilines is 1. The molecule has 1 aliphatic carbocycles. The molecule has 0 bridgehead atoms. The van der Waals surface area contributed by atoms with E-state index in [2.05, 4.69) is 22.2 Å². The van der Waals surface area contributed by atoms with E-state index in [1.165, 1.54) is 12.8 Å². The molecule has 2 atom stereocenters. The minimum absolute atomic E-state index is 0.317. The second-order valence-corrected chi connectivity index (χ2v) is 4.90. The molecule has 4 nitrogen and oxygen atoms in total. The molecule has 2 rings (SSSR count). The molecule has 0 radical (unpaired) electrons. The van der Waals surface area contributed by atoms with Gasteiger partial charge in [-0.25, -0.2) is 4.98 Å². The summed E-state index contributed by atoms with van der Waals surface area (Å²) >= 11 is 0. The first-order chi connectivity index (χ1) is 8.17. The molecular weight excluding hydrogens is 214 g/mol. The first-order valence-corrected chi connectivity index (χ1v) is 6.37. The van der Waals surface area contributed by atoms with Crippen molar-refractivity contribution in [2.45, 2.75) is 45.6 Å². The van der Waals surface area contributed by atoms with Gasteiger partial charge in [-0.2, -0.15) is 4.98 Å². The number of nitrogens with one attached hydrogen (secondary N) is 1. The summed E-state index contributed by atoms with van der Waals surface area (Å²) in [6.07, 6.45) is 5.18. The summed E-state index contributed by atoms with van der Waals surface area (Å²) in [5.74, 6) is 3.02. The maximum atomic E-state index is 5.96. The summed E-state index contributed by atoms with van der Waals surface area (Å²) in [7, 11) is 1.86. The molecule has 1 heterocycles. The summed E-state index contributed by atoms with van der Waals surface area (Å²) < 4.78 is 5.96. The van der Waals surface area contributed by atoms with Crippen LogP contribution in [0.2, 0.25) is 0 Å². The molecule has 1 aliphatic rings. The van der Waals surface area contributed by atoms with Crippen molar-refractivity contribution in [3.8, 4) is 5.88 Å².